The average Bonchev–Trinajstić information content (AvgIpc) is 3.11. The molecular formula is C13H19NO3. The first-order chi connectivity index (χ1) is 8.27. The lowest BCUT2D eigenvalue weighted by Crippen LogP contribution is -2.19. The zero-order valence-corrected chi connectivity index (χ0v) is 10.4. The van der Waals surface area contributed by atoms with Crippen molar-refractivity contribution in [3.05, 3.63) is 23.8 Å². The molecule has 0 spiro atoms. The fourth-order valence-electron chi connectivity index (χ4n) is 2.21. The Labute approximate surface area is 102 Å². The van der Waals surface area contributed by atoms with Crippen LogP contribution in [-0.2, 0) is 10.3 Å². The van der Waals surface area contributed by atoms with Crippen molar-refractivity contribution in [1.29, 1.82) is 0 Å². The van der Waals surface area contributed by atoms with Gasteiger partial charge in [-0.2, -0.15) is 0 Å². The van der Waals surface area contributed by atoms with Gasteiger partial charge in [0.15, 0.2) is 11.5 Å². The van der Waals surface area contributed by atoms with Crippen LogP contribution in [0.15, 0.2) is 18.2 Å². The van der Waals surface area contributed by atoms with Crippen LogP contribution < -0.4 is 15.4 Å². The topological polar surface area (TPSA) is 53.7 Å². The van der Waals surface area contributed by atoms with Crippen LogP contribution in [0.2, 0.25) is 0 Å². The molecule has 1 aromatic rings. The van der Waals surface area contributed by atoms with Crippen molar-refractivity contribution in [2.75, 3.05) is 20.3 Å². The first-order valence-corrected chi connectivity index (χ1v) is 5.89. The summed E-state index contributed by atoms with van der Waals surface area (Å²) in [6, 6.07) is 5.97. The van der Waals surface area contributed by atoms with Crippen LogP contribution in [-0.4, -0.2) is 20.3 Å². The van der Waals surface area contributed by atoms with E-state index in [1.807, 2.05) is 19.1 Å². The minimum absolute atomic E-state index is 0.0210. The highest BCUT2D eigenvalue weighted by Gasteiger charge is 2.47. The Kier molecular flexibility index (Phi) is 3.54. The van der Waals surface area contributed by atoms with Crippen molar-refractivity contribution in [3.63, 3.8) is 0 Å². The van der Waals surface area contributed by atoms with Gasteiger partial charge in [0.25, 0.3) is 0 Å². The van der Waals surface area contributed by atoms with Gasteiger partial charge in [-0.05, 0) is 25.8 Å². The molecule has 0 aromatic heterocycles. The third-order valence-corrected chi connectivity index (χ3v) is 3.27. The summed E-state index contributed by atoms with van der Waals surface area (Å²) in [5.74, 6) is 6.81. The third kappa shape index (κ3) is 2.23. The fraction of sp³-hybridized carbons (Fsp3) is 0.538. The monoisotopic (exact) mass is 237 g/mol. The second-order valence-electron chi connectivity index (χ2n) is 4.36. The molecule has 17 heavy (non-hydrogen) atoms. The number of hydrogen-bond acceptors (Lipinski definition) is 4. The summed E-state index contributed by atoms with van der Waals surface area (Å²) >= 11 is 0. The van der Waals surface area contributed by atoms with Gasteiger partial charge in [0.1, 0.15) is 0 Å². The molecule has 1 aliphatic rings. The van der Waals surface area contributed by atoms with Crippen LogP contribution in [0, 0.1) is 0 Å². The number of ether oxygens (including phenoxy) is 2. The third-order valence-electron chi connectivity index (χ3n) is 3.27. The molecule has 0 aliphatic heterocycles. The number of benzene rings is 1. The molecule has 0 bridgehead atoms. The van der Waals surface area contributed by atoms with Gasteiger partial charge in [0.2, 0.25) is 0 Å². The molecule has 2 rings (SSSR count). The minimum Gasteiger partial charge on any atom is -0.493 e. The van der Waals surface area contributed by atoms with Crippen LogP contribution in [0.3, 0.4) is 0 Å². The molecule has 4 heteroatoms. The Morgan fingerprint density at radius 2 is 2.12 bits per heavy atom. The molecule has 1 fully saturated rings. The summed E-state index contributed by atoms with van der Waals surface area (Å²) in [5.41, 5.74) is 1.16. The van der Waals surface area contributed by atoms with Crippen LogP contribution in [0.5, 0.6) is 11.5 Å². The molecule has 0 unspecified atom stereocenters. The van der Waals surface area contributed by atoms with Gasteiger partial charge in [0.05, 0.1) is 20.3 Å². The molecule has 4 nitrogen and oxygen atoms in total. The normalized spacial score (nSPS) is 16.6. The highest BCUT2D eigenvalue weighted by molar-refractivity contribution is 5.52. The number of methoxy groups -OCH3 is 1. The Bertz CT molecular complexity index is 388. The maximum Gasteiger partial charge on any atom is 0.164 e. The molecule has 0 heterocycles. The van der Waals surface area contributed by atoms with E-state index in [0.29, 0.717) is 13.2 Å². The molecule has 0 amide bonds. The summed E-state index contributed by atoms with van der Waals surface area (Å²) < 4.78 is 11.1. The molecule has 2 N–H and O–H groups in total. The van der Waals surface area contributed by atoms with Crippen molar-refractivity contribution < 1.29 is 14.3 Å². The summed E-state index contributed by atoms with van der Waals surface area (Å²) in [6.45, 7) is 3.11. The largest absolute Gasteiger partial charge is 0.493 e. The number of nitrogens with two attached hydrogens (primary N) is 1. The summed E-state index contributed by atoms with van der Waals surface area (Å²) in [6.07, 6.45) is 2.16. The maximum atomic E-state index is 5.57. The molecule has 94 valence electrons. The predicted octanol–water partition coefficient (Wildman–Crippen LogP) is 2.02. The van der Waals surface area contributed by atoms with Gasteiger partial charge >= 0.3 is 0 Å². The molecule has 0 atom stereocenters. The first kappa shape index (κ1) is 12.2. The zero-order valence-electron chi connectivity index (χ0n) is 10.4. The standard InChI is InChI=1S/C13H19NO3/c1-3-16-11-6-4-5-10(12(11)15-2)13(7-8-13)9-17-14/h4-6H,3,7-9,14H2,1-2H3. The SMILES string of the molecule is CCOc1cccc(C2(CON)CC2)c1OC. The van der Waals surface area contributed by atoms with E-state index >= 15 is 0 Å². The second kappa shape index (κ2) is 4.94. The highest BCUT2D eigenvalue weighted by Crippen LogP contribution is 2.53. The molecule has 1 aliphatic carbocycles. The molecule has 1 saturated carbocycles. The lowest BCUT2D eigenvalue weighted by atomic mass is 9.95. The zero-order chi connectivity index (χ0) is 12.3. The van der Waals surface area contributed by atoms with Crippen molar-refractivity contribution in [1.82, 2.24) is 0 Å². The van der Waals surface area contributed by atoms with Gasteiger partial charge in [-0.3, -0.25) is 0 Å². The number of para-hydroxylation sites is 1. The van der Waals surface area contributed by atoms with E-state index in [4.69, 9.17) is 20.2 Å². The Morgan fingerprint density at radius 3 is 2.65 bits per heavy atom. The number of rotatable bonds is 6. The van der Waals surface area contributed by atoms with E-state index in [-0.39, 0.29) is 5.41 Å². The predicted molar refractivity (Wildman–Crippen MR) is 65.2 cm³/mol. The van der Waals surface area contributed by atoms with Crippen LogP contribution in [0.1, 0.15) is 25.3 Å². The summed E-state index contributed by atoms with van der Waals surface area (Å²) in [5, 5.41) is 0. The van der Waals surface area contributed by atoms with Gasteiger partial charge in [-0.15, -0.1) is 0 Å². The molecular weight excluding hydrogens is 218 g/mol. The van der Waals surface area contributed by atoms with E-state index in [1.165, 1.54) is 0 Å². The van der Waals surface area contributed by atoms with Crippen molar-refractivity contribution in [2.24, 2.45) is 5.90 Å². The lowest BCUT2D eigenvalue weighted by Gasteiger charge is -2.19. The van der Waals surface area contributed by atoms with Gasteiger partial charge < -0.3 is 14.3 Å². The van der Waals surface area contributed by atoms with E-state index in [2.05, 4.69) is 6.07 Å². The Balaban J connectivity index is 2.36. The second-order valence-corrected chi connectivity index (χ2v) is 4.36. The van der Waals surface area contributed by atoms with Crippen molar-refractivity contribution in [3.8, 4) is 11.5 Å². The van der Waals surface area contributed by atoms with E-state index in [9.17, 15) is 0 Å². The van der Waals surface area contributed by atoms with E-state index in [1.54, 1.807) is 7.11 Å². The fourth-order valence-corrected chi connectivity index (χ4v) is 2.21. The van der Waals surface area contributed by atoms with Crippen LogP contribution in [0.4, 0.5) is 0 Å². The first-order valence-electron chi connectivity index (χ1n) is 5.89. The molecule has 0 radical (unpaired) electrons. The molecule has 1 aromatic carbocycles. The van der Waals surface area contributed by atoms with Crippen LogP contribution >= 0.6 is 0 Å². The van der Waals surface area contributed by atoms with Crippen molar-refractivity contribution >= 4 is 0 Å². The Hall–Kier alpha value is -1.26. The van der Waals surface area contributed by atoms with Crippen molar-refractivity contribution in [2.45, 2.75) is 25.2 Å². The van der Waals surface area contributed by atoms with Crippen LogP contribution in [0.25, 0.3) is 0 Å². The van der Waals surface area contributed by atoms with E-state index < -0.39 is 0 Å². The Morgan fingerprint density at radius 1 is 1.35 bits per heavy atom. The lowest BCUT2D eigenvalue weighted by molar-refractivity contribution is 0.115. The van der Waals surface area contributed by atoms with E-state index in [0.717, 1.165) is 29.9 Å². The summed E-state index contributed by atoms with van der Waals surface area (Å²) in [7, 11) is 1.67. The highest BCUT2D eigenvalue weighted by atomic mass is 16.6. The van der Waals surface area contributed by atoms with Gasteiger partial charge in [-0.25, -0.2) is 5.90 Å². The average molecular weight is 237 g/mol. The number of hydrogen-bond donors (Lipinski definition) is 1. The smallest absolute Gasteiger partial charge is 0.164 e. The summed E-state index contributed by atoms with van der Waals surface area (Å²) in [4.78, 5) is 4.83. The van der Waals surface area contributed by atoms with Gasteiger partial charge in [-0.1, -0.05) is 12.1 Å². The quantitative estimate of drug-likeness (QED) is 0.769. The molecule has 0 saturated heterocycles. The van der Waals surface area contributed by atoms with Gasteiger partial charge in [0, 0.05) is 11.0 Å². The maximum absolute atomic E-state index is 5.57. The minimum atomic E-state index is 0.0210.